The van der Waals surface area contributed by atoms with Crippen LogP contribution < -0.4 is 0 Å². The largest absolute Gasteiger partial charge is 0.381 e. The molecule has 0 aliphatic carbocycles. The highest BCUT2D eigenvalue weighted by Gasteiger charge is 2.29. The Morgan fingerprint density at radius 1 is 1.22 bits per heavy atom. The van der Waals surface area contributed by atoms with Crippen LogP contribution in [0.4, 0.5) is 0 Å². The Balaban J connectivity index is 1.35. The number of imidazole rings is 1. The van der Waals surface area contributed by atoms with Crippen molar-refractivity contribution in [2.24, 2.45) is 5.92 Å². The molecule has 0 N–H and O–H groups in total. The van der Waals surface area contributed by atoms with Gasteiger partial charge in [0, 0.05) is 51.1 Å². The van der Waals surface area contributed by atoms with Crippen LogP contribution in [0, 0.1) is 12.8 Å². The molecule has 3 aromatic rings. The maximum Gasteiger partial charge on any atom is 0.114 e. The van der Waals surface area contributed by atoms with E-state index in [-0.39, 0.29) is 0 Å². The molecule has 2 aliphatic rings. The maximum absolute atomic E-state index is 5.69. The van der Waals surface area contributed by atoms with Gasteiger partial charge in [-0.2, -0.15) is 5.10 Å². The minimum absolute atomic E-state index is 0.463. The number of aromatic nitrogens is 4. The van der Waals surface area contributed by atoms with Crippen molar-refractivity contribution < 1.29 is 4.74 Å². The van der Waals surface area contributed by atoms with Crippen LogP contribution in [0.2, 0.25) is 0 Å². The van der Waals surface area contributed by atoms with Crippen molar-refractivity contribution in [3.63, 3.8) is 0 Å². The fourth-order valence-corrected chi connectivity index (χ4v) is 4.99. The number of nitrogens with zero attached hydrogens (tertiary/aromatic N) is 5. The van der Waals surface area contributed by atoms with E-state index < -0.39 is 0 Å². The van der Waals surface area contributed by atoms with E-state index in [1.54, 1.807) is 0 Å². The topological polar surface area (TPSA) is 48.1 Å². The standard InChI is InChI=1S/C26H35N5O/c1-19(2)5-8-24-25-17-29(12-13-30(25)26(28-24)22-9-14-32-18-22)16-21-6-7-23(15-20(21)3)31-11-4-10-27-31/h4,6-7,10-11,15,19,22H,5,8-9,12-14,16-18H2,1-3H3. The highest BCUT2D eigenvalue weighted by Crippen LogP contribution is 2.31. The summed E-state index contributed by atoms with van der Waals surface area (Å²) >= 11 is 0. The molecule has 1 fully saturated rings. The van der Waals surface area contributed by atoms with Gasteiger partial charge in [0.2, 0.25) is 0 Å². The van der Waals surface area contributed by atoms with E-state index in [2.05, 4.69) is 53.5 Å². The molecule has 2 aliphatic heterocycles. The van der Waals surface area contributed by atoms with Crippen LogP contribution in [0.5, 0.6) is 0 Å². The zero-order valence-corrected chi connectivity index (χ0v) is 19.6. The summed E-state index contributed by atoms with van der Waals surface area (Å²) in [6.07, 6.45) is 7.19. The lowest BCUT2D eigenvalue weighted by Gasteiger charge is -2.30. The number of aryl methyl sites for hydroxylation is 2. The van der Waals surface area contributed by atoms with Crippen molar-refractivity contribution in [1.82, 2.24) is 24.2 Å². The Morgan fingerprint density at radius 3 is 2.84 bits per heavy atom. The van der Waals surface area contributed by atoms with E-state index in [0.29, 0.717) is 11.8 Å². The first-order valence-corrected chi connectivity index (χ1v) is 12.1. The van der Waals surface area contributed by atoms with E-state index in [4.69, 9.17) is 9.72 Å². The van der Waals surface area contributed by atoms with Crippen molar-refractivity contribution >= 4 is 0 Å². The molecule has 6 heteroatoms. The number of hydrogen-bond donors (Lipinski definition) is 0. The zero-order valence-electron chi connectivity index (χ0n) is 19.6. The van der Waals surface area contributed by atoms with Gasteiger partial charge in [0.1, 0.15) is 5.82 Å². The summed E-state index contributed by atoms with van der Waals surface area (Å²) in [7, 11) is 0. The van der Waals surface area contributed by atoms with Gasteiger partial charge in [0.05, 0.1) is 23.7 Å². The summed E-state index contributed by atoms with van der Waals surface area (Å²) in [4.78, 5) is 7.78. The normalized spacial score (nSPS) is 19.1. The van der Waals surface area contributed by atoms with Gasteiger partial charge in [-0.25, -0.2) is 9.67 Å². The van der Waals surface area contributed by atoms with Crippen molar-refractivity contribution in [1.29, 1.82) is 0 Å². The molecule has 2 aromatic heterocycles. The summed E-state index contributed by atoms with van der Waals surface area (Å²) in [6.45, 7) is 12.6. The lowest BCUT2D eigenvalue weighted by molar-refractivity contribution is 0.189. The summed E-state index contributed by atoms with van der Waals surface area (Å²) in [5.41, 5.74) is 6.58. The molecule has 5 rings (SSSR count). The number of ether oxygens (including phenoxy) is 1. The third-order valence-corrected chi connectivity index (χ3v) is 6.94. The van der Waals surface area contributed by atoms with Gasteiger partial charge in [-0.05, 0) is 61.4 Å². The van der Waals surface area contributed by atoms with Crippen LogP contribution in [0.3, 0.4) is 0 Å². The zero-order chi connectivity index (χ0) is 22.1. The molecule has 0 spiro atoms. The molecule has 32 heavy (non-hydrogen) atoms. The Labute approximate surface area is 191 Å². The first-order chi connectivity index (χ1) is 15.6. The molecule has 0 radical (unpaired) electrons. The highest BCUT2D eigenvalue weighted by molar-refractivity contribution is 5.39. The number of benzene rings is 1. The van der Waals surface area contributed by atoms with Crippen LogP contribution in [-0.4, -0.2) is 44.0 Å². The summed E-state index contributed by atoms with van der Waals surface area (Å²) < 4.78 is 10.1. The molecule has 1 saturated heterocycles. The van der Waals surface area contributed by atoms with Crippen LogP contribution in [0.1, 0.15) is 60.9 Å². The second-order valence-corrected chi connectivity index (χ2v) is 9.78. The molecule has 0 bridgehead atoms. The predicted octanol–water partition coefficient (Wildman–Crippen LogP) is 4.49. The molecule has 1 unspecified atom stereocenters. The van der Waals surface area contributed by atoms with Gasteiger partial charge in [0.25, 0.3) is 0 Å². The molecule has 4 heterocycles. The number of hydrogen-bond acceptors (Lipinski definition) is 4. The molecule has 170 valence electrons. The summed E-state index contributed by atoms with van der Waals surface area (Å²) in [5, 5.41) is 4.36. The van der Waals surface area contributed by atoms with Crippen LogP contribution in [0.25, 0.3) is 5.69 Å². The van der Waals surface area contributed by atoms with Crippen LogP contribution in [-0.2, 0) is 30.8 Å². The molecular weight excluding hydrogens is 398 g/mol. The summed E-state index contributed by atoms with van der Waals surface area (Å²) in [6, 6.07) is 8.64. The minimum Gasteiger partial charge on any atom is -0.381 e. The Bertz CT molecular complexity index is 1050. The Kier molecular flexibility index (Phi) is 6.15. The van der Waals surface area contributed by atoms with Crippen LogP contribution in [0.15, 0.2) is 36.7 Å². The Morgan fingerprint density at radius 2 is 2.12 bits per heavy atom. The lowest BCUT2D eigenvalue weighted by Crippen LogP contribution is -2.34. The molecule has 1 atom stereocenters. The van der Waals surface area contributed by atoms with Gasteiger partial charge in [0.15, 0.2) is 0 Å². The van der Waals surface area contributed by atoms with Gasteiger partial charge in [-0.15, -0.1) is 0 Å². The number of fused-ring (bicyclic) bond motifs is 1. The second kappa shape index (κ2) is 9.20. The third kappa shape index (κ3) is 4.39. The third-order valence-electron chi connectivity index (χ3n) is 6.94. The van der Waals surface area contributed by atoms with E-state index in [1.807, 2.05) is 23.1 Å². The van der Waals surface area contributed by atoms with Crippen molar-refractivity contribution in [2.75, 3.05) is 19.8 Å². The molecular formula is C26H35N5O. The van der Waals surface area contributed by atoms with Gasteiger partial charge in [-0.1, -0.05) is 19.9 Å². The Hall–Kier alpha value is -2.44. The number of rotatable bonds is 7. The van der Waals surface area contributed by atoms with E-state index in [9.17, 15) is 0 Å². The second-order valence-electron chi connectivity index (χ2n) is 9.78. The monoisotopic (exact) mass is 433 g/mol. The fraction of sp³-hybridized carbons (Fsp3) is 0.538. The smallest absolute Gasteiger partial charge is 0.114 e. The molecule has 0 amide bonds. The van der Waals surface area contributed by atoms with Gasteiger partial charge >= 0.3 is 0 Å². The molecule has 1 aromatic carbocycles. The first-order valence-electron chi connectivity index (χ1n) is 12.1. The lowest BCUT2D eigenvalue weighted by atomic mass is 10.0. The average molecular weight is 434 g/mol. The van der Waals surface area contributed by atoms with Crippen molar-refractivity contribution in [3.8, 4) is 5.69 Å². The van der Waals surface area contributed by atoms with Crippen molar-refractivity contribution in [3.05, 3.63) is 65.0 Å². The van der Waals surface area contributed by atoms with E-state index >= 15 is 0 Å². The van der Waals surface area contributed by atoms with Gasteiger partial charge in [-0.3, -0.25) is 4.90 Å². The minimum atomic E-state index is 0.463. The van der Waals surface area contributed by atoms with Crippen LogP contribution >= 0.6 is 0 Å². The summed E-state index contributed by atoms with van der Waals surface area (Å²) in [5.74, 6) is 2.43. The first kappa shape index (κ1) is 21.4. The quantitative estimate of drug-likeness (QED) is 0.551. The predicted molar refractivity (Wildman–Crippen MR) is 126 cm³/mol. The average Bonchev–Trinajstić information content (AvgIpc) is 3.54. The molecule has 6 nitrogen and oxygen atoms in total. The van der Waals surface area contributed by atoms with Gasteiger partial charge < -0.3 is 9.30 Å². The van der Waals surface area contributed by atoms with E-state index in [0.717, 1.165) is 57.9 Å². The van der Waals surface area contributed by atoms with E-state index in [1.165, 1.54) is 34.8 Å². The van der Waals surface area contributed by atoms with Crippen molar-refractivity contribution in [2.45, 2.75) is 65.6 Å². The fourth-order valence-electron chi connectivity index (χ4n) is 4.99. The SMILES string of the molecule is Cc1cc(-n2cccn2)ccc1CN1CCn2c(C3CCOC3)nc(CCC(C)C)c2C1. The molecule has 0 saturated carbocycles. The highest BCUT2D eigenvalue weighted by atomic mass is 16.5. The maximum atomic E-state index is 5.69.